The summed E-state index contributed by atoms with van der Waals surface area (Å²) >= 11 is 0.842. The number of aromatic nitrogens is 1. The Labute approximate surface area is 199 Å². The molecule has 2 heterocycles. The lowest BCUT2D eigenvalue weighted by atomic mass is 10.1. The molecule has 4 nitrogen and oxygen atoms in total. The molecule has 0 spiro atoms. The number of halogens is 2. The van der Waals surface area contributed by atoms with Gasteiger partial charge in [0.15, 0.2) is 0 Å². The molecular weight excluding hydrogens is 454 g/mol. The number of para-hydroxylation sites is 1. The van der Waals surface area contributed by atoms with Crippen molar-refractivity contribution in [3.8, 4) is 0 Å². The topological polar surface area (TPSA) is 42.3 Å². The van der Waals surface area contributed by atoms with Gasteiger partial charge in [0.05, 0.1) is 18.0 Å². The summed E-state index contributed by atoms with van der Waals surface area (Å²) in [7, 11) is 0. The lowest BCUT2D eigenvalue weighted by molar-refractivity contribution is -0.123. The molecule has 1 aromatic heterocycles. The number of carbonyl (C=O) groups excluding carboxylic acids is 2. The zero-order valence-electron chi connectivity index (χ0n) is 18.3. The van der Waals surface area contributed by atoms with Crippen LogP contribution in [0.1, 0.15) is 22.4 Å². The summed E-state index contributed by atoms with van der Waals surface area (Å²) < 4.78 is 30.4. The number of carbonyl (C=O) groups is 2. The molecule has 1 saturated heterocycles. The minimum Gasteiger partial charge on any atom is -0.340 e. The molecule has 2 amide bonds. The highest BCUT2D eigenvalue weighted by molar-refractivity contribution is 8.18. The van der Waals surface area contributed by atoms with Crippen molar-refractivity contribution >= 4 is 39.9 Å². The molecule has 0 unspecified atom stereocenters. The molecule has 5 rings (SSSR count). The third-order valence-electron chi connectivity index (χ3n) is 6.00. The molecule has 0 aliphatic carbocycles. The molecule has 7 heteroatoms. The Balaban J connectivity index is 1.53. The highest BCUT2D eigenvalue weighted by atomic mass is 32.2. The van der Waals surface area contributed by atoms with E-state index in [0.29, 0.717) is 12.1 Å². The Morgan fingerprint density at radius 3 is 2.09 bits per heavy atom. The van der Waals surface area contributed by atoms with Crippen LogP contribution in [0, 0.1) is 18.6 Å². The van der Waals surface area contributed by atoms with Crippen LogP contribution in [0.15, 0.2) is 77.7 Å². The highest BCUT2D eigenvalue weighted by Crippen LogP contribution is 2.36. The SMILES string of the molecule is Cc1c(/C=C2\SC(=O)N(Cc3ccccc3F)C2=O)c2ccccc2n1Cc1ccccc1F. The van der Waals surface area contributed by atoms with Gasteiger partial charge in [-0.1, -0.05) is 54.6 Å². The monoisotopic (exact) mass is 474 g/mol. The van der Waals surface area contributed by atoms with E-state index in [9.17, 15) is 18.4 Å². The molecule has 3 aromatic carbocycles. The van der Waals surface area contributed by atoms with Gasteiger partial charge in [-0.3, -0.25) is 14.5 Å². The van der Waals surface area contributed by atoms with Crippen molar-refractivity contribution in [3.05, 3.63) is 112 Å². The molecule has 1 aliphatic heterocycles. The molecular formula is C27H20F2N2O2S. The number of rotatable bonds is 5. The molecule has 0 bridgehead atoms. The van der Waals surface area contributed by atoms with Gasteiger partial charge in [0, 0.05) is 33.3 Å². The van der Waals surface area contributed by atoms with E-state index >= 15 is 0 Å². The zero-order valence-corrected chi connectivity index (χ0v) is 19.1. The van der Waals surface area contributed by atoms with Crippen molar-refractivity contribution in [2.75, 3.05) is 0 Å². The van der Waals surface area contributed by atoms with Gasteiger partial charge in [0.1, 0.15) is 11.6 Å². The van der Waals surface area contributed by atoms with Gasteiger partial charge in [0.2, 0.25) is 0 Å². The first kappa shape index (κ1) is 22.1. The van der Waals surface area contributed by atoms with E-state index in [0.717, 1.165) is 38.8 Å². The van der Waals surface area contributed by atoms with Crippen LogP contribution in [0.3, 0.4) is 0 Å². The maximum absolute atomic E-state index is 14.3. The first-order valence-corrected chi connectivity index (χ1v) is 11.6. The van der Waals surface area contributed by atoms with Crippen LogP contribution in [-0.4, -0.2) is 20.6 Å². The van der Waals surface area contributed by atoms with Crippen molar-refractivity contribution in [2.45, 2.75) is 20.0 Å². The minimum atomic E-state index is -0.461. The average Bonchev–Trinajstić information content (AvgIpc) is 3.25. The number of imide groups is 1. The fourth-order valence-electron chi connectivity index (χ4n) is 4.21. The van der Waals surface area contributed by atoms with Crippen LogP contribution in [0.25, 0.3) is 17.0 Å². The van der Waals surface area contributed by atoms with E-state index in [1.807, 2.05) is 35.8 Å². The fourth-order valence-corrected chi connectivity index (χ4v) is 5.03. The smallest absolute Gasteiger partial charge is 0.293 e. The van der Waals surface area contributed by atoms with Crippen LogP contribution < -0.4 is 0 Å². The number of amides is 2. The number of benzene rings is 3. The average molecular weight is 475 g/mol. The molecule has 1 aliphatic rings. The van der Waals surface area contributed by atoms with E-state index in [1.54, 1.807) is 42.5 Å². The van der Waals surface area contributed by atoms with Crippen molar-refractivity contribution in [2.24, 2.45) is 0 Å². The molecule has 0 radical (unpaired) electrons. The minimum absolute atomic E-state index is 0.122. The van der Waals surface area contributed by atoms with Gasteiger partial charge >= 0.3 is 0 Å². The van der Waals surface area contributed by atoms with Crippen molar-refractivity contribution < 1.29 is 18.4 Å². The van der Waals surface area contributed by atoms with Gasteiger partial charge in [-0.25, -0.2) is 8.78 Å². The van der Waals surface area contributed by atoms with Gasteiger partial charge in [0.25, 0.3) is 11.1 Å². The lowest BCUT2D eigenvalue weighted by Crippen LogP contribution is -2.27. The van der Waals surface area contributed by atoms with Gasteiger partial charge < -0.3 is 4.57 Å². The van der Waals surface area contributed by atoms with Crippen LogP contribution in [0.5, 0.6) is 0 Å². The first-order chi connectivity index (χ1) is 16.4. The lowest BCUT2D eigenvalue weighted by Gasteiger charge is -2.12. The molecule has 4 aromatic rings. The summed E-state index contributed by atoms with van der Waals surface area (Å²) in [5, 5.41) is 0.462. The van der Waals surface area contributed by atoms with Crippen molar-refractivity contribution in [1.29, 1.82) is 0 Å². The Bertz CT molecular complexity index is 1470. The Morgan fingerprint density at radius 1 is 0.824 bits per heavy atom. The summed E-state index contributed by atoms with van der Waals surface area (Å²) in [6, 6.07) is 20.4. The number of hydrogen-bond donors (Lipinski definition) is 0. The zero-order chi connectivity index (χ0) is 23.8. The van der Waals surface area contributed by atoms with Crippen LogP contribution in [0.2, 0.25) is 0 Å². The van der Waals surface area contributed by atoms with Crippen LogP contribution >= 0.6 is 11.8 Å². The maximum Gasteiger partial charge on any atom is 0.293 e. The molecule has 0 saturated carbocycles. The largest absolute Gasteiger partial charge is 0.340 e. The van der Waals surface area contributed by atoms with E-state index in [-0.39, 0.29) is 22.8 Å². The number of hydrogen-bond acceptors (Lipinski definition) is 3. The van der Waals surface area contributed by atoms with Gasteiger partial charge in [-0.2, -0.15) is 0 Å². The van der Waals surface area contributed by atoms with Crippen LogP contribution in [0.4, 0.5) is 13.6 Å². The fraction of sp³-hybridized carbons (Fsp3) is 0.111. The highest BCUT2D eigenvalue weighted by Gasteiger charge is 2.35. The second-order valence-electron chi connectivity index (χ2n) is 8.05. The molecule has 0 N–H and O–H groups in total. The Hall–Kier alpha value is -3.71. The van der Waals surface area contributed by atoms with Crippen molar-refractivity contribution in [3.63, 3.8) is 0 Å². The number of fused-ring (bicyclic) bond motifs is 1. The van der Waals surface area contributed by atoms with Gasteiger partial charge in [-0.15, -0.1) is 0 Å². The second-order valence-corrected chi connectivity index (χ2v) is 9.05. The molecule has 34 heavy (non-hydrogen) atoms. The van der Waals surface area contributed by atoms with E-state index in [1.165, 1.54) is 12.1 Å². The predicted molar refractivity (Wildman–Crippen MR) is 130 cm³/mol. The third-order valence-corrected chi connectivity index (χ3v) is 6.91. The van der Waals surface area contributed by atoms with E-state index in [2.05, 4.69) is 0 Å². The molecule has 170 valence electrons. The summed E-state index contributed by atoms with van der Waals surface area (Å²) in [6.07, 6.45) is 1.71. The van der Waals surface area contributed by atoms with Gasteiger partial charge in [-0.05, 0) is 43.0 Å². The molecule has 1 fully saturated rings. The normalized spacial score (nSPS) is 15.1. The van der Waals surface area contributed by atoms with E-state index < -0.39 is 17.0 Å². The Morgan fingerprint density at radius 2 is 1.41 bits per heavy atom. The summed E-state index contributed by atoms with van der Waals surface area (Å²) in [4.78, 5) is 27.0. The first-order valence-electron chi connectivity index (χ1n) is 10.7. The third kappa shape index (κ3) is 3.92. The van der Waals surface area contributed by atoms with Crippen LogP contribution in [-0.2, 0) is 17.9 Å². The quantitative estimate of drug-likeness (QED) is 0.310. The van der Waals surface area contributed by atoms with E-state index in [4.69, 9.17) is 0 Å². The second kappa shape index (κ2) is 8.91. The summed E-state index contributed by atoms with van der Waals surface area (Å²) in [5.41, 5.74) is 3.39. The molecule has 0 atom stereocenters. The summed E-state index contributed by atoms with van der Waals surface area (Å²) in [6.45, 7) is 2.13. The Kier molecular flexibility index (Phi) is 5.79. The van der Waals surface area contributed by atoms with Crippen molar-refractivity contribution in [1.82, 2.24) is 9.47 Å². The number of nitrogens with zero attached hydrogens (tertiary/aromatic N) is 2. The number of thioether (sulfide) groups is 1. The maximum atomic E-state index is 14.3. The predicted octanol–water partition coefficient (Wildman–Crippen LogP) is 6.51. The summed E-state index contributed by atoms with van der Waals surface area (Å²) in [5.74, 6) is -1.20. The standard InChI is InChI=1S/C27H20F2N2O2S/c1-17-21(14-25-26(32)31(27(33)34-25)16-19-9-3-6-12-23(19)29)20-10-4-7-13-24(20)30(17)15-18-8-2-5-11-22(18)28/h2-14H,15-16H2,1H3/b25-14-.